The van der Waals surface area contributed by atoms with Crippen LogP contribution in [0.3, 0.4) is 0 Å². The average Bonchev–Trinajstić information content (AvgIpc) is 2.60. The Morgan fingerprint density at radius 1 is 1.20 bits per heavy atom. The Morgan fingerprint density at radius 3 is 2.52 bits per heavy atom. The first kappa shape index (κ1) is 21.8. The summed E-state index contributed by atoms with van der Waals surface area (Å²) in [5, 5.41) is 3.11. The van der Waals surface area contributed by atoms with Crippen LogP contribution in [-0.2, 0) is 0 Å². The molecule has 0 amide bonds. The van der Waals surface area contributed by atoms with E-state index in [1.807, 2.05) is 18.2 Å². The van der Waals surface area contributed by atoms with Gasteiger partial charge in [0.05, 0.1) is 14.2 Å². The minimum Gasteiger partial charge on any atom is -0.493 e. The SMILES string of the molecule is COc1ccc(NC(N)=NCC(C)CN2CCCCC2)cc1OC.I. The molecule has 0 aliphatic carbocycles. The van der Waals surface area contributed by atoms with Crippen molar-refractivity contribution in [3.05, 3.63) is 18.2 Å². The Hall–Kier alpha value is -1.22. The molecule has 1 saturated heterocycles. The van der Waals surface area contributed by atoms with Crippen molar-refractivity contribution >= 4 is 35.6 Å². The molecule has 0 aromatic heterocycles. The van der Waals surface area contributed by atoms with Crippen molar-refractivity contribution in [1.82, 2.24) is 4.90 Å². The number of hydrogen-bond donors (Lipinski definition) is 2. The van der Waals surface area contributed by atoms with Crippen molar-refractivity contribution in [3.63, 3.8) is 0 Å². The molecule has 0 bridgehead atoms. The number of benzene rings is 1. The molecule has 3 N–H and O–H groups in total. The largest absolute Gasteiger partial charge is 0.493 e. The normalized spacial score (nSPS) is 16.7. The summed E-state index contributed by atoms with van der Waals surface area (Å²) < 4.78 is 10.5. The Kier molecular flexibility index (Phi) is 9.96. The molecule has 0 radical (unpaired) electrons. The van der Waals surface area contributed by atoms with Crippen LogP contribution in [0, 0.1) is 5.92 Å². The molecule has 142 valence electrons. The van der Waals surface area contributed by atoms with Gasteiger partial charge in [-0.05, 0) is 44.0 Å². The van der Waals surface area contributed by atoms with E-state index in [1.54, 1.807) is 14.2 Å². The van der Waals surface area contributed by atoms with Gasteiger partial charge in [-0.25, -0.2) is 0 Å². The zero-order valence-corrected chi connectivity index (χ0v) is 17.8. The van der Waals surface area contributed by atoms with E-state index in [4.69, 9.17) is 15.2 Å². The second kappa shape index (κ2) is 11.4. The Morgan fingerprint density at radius 2 is 1.88 bits per heavy atom. The Balaban J connectivity index is 0.00000312. The number of likely N-dealkylation sites (tertiary alicyclic amines) is 1. The van der Waals surface area contributed by atoms with Gasteiger partial charge in [-0.2, -0.15) is 0 Å². The number of guanidine groups is 1. The van der Waals surface area contributed by atoms with E-state index in [0.717, 1.165) is 18.8 Å². The van der Waals surface area contributed by atoms with Gasteiger partial charge in [-0.15, -0.1) is 24.0 Å². The second-order valence-corrected chi connectivity index (χ2v) is 6.39. The summed E-state index contributed by atoms with van der Waals surface area (Å²) in [5.74, 6) is 2.27. The van der Waals surface area contributed by atoms with Gasteiger partial charge >= 0.3 is 0 Å². The van der Waals surface area contributed by atoms with Crippen molar-refractivity contribution in [1.29, 1.82) is 0 Å². The maximum atomic E-state index is 6.00. The average molecular weight is 462 g/mol. The number of piperidine rings is 1. The standard InChI is InChI=1S/C18H30N4O2.HI/c1-14(13-22-9-5-4-6-10-22)12-20-18(19)21-15-7-8-16(23-2)17(11-15)24-3;/h7-8,11,14H,4-6,9-10,12-13H2,1-3H3,(H3,19,20,21);1H. The lowest BCUT2D eigenvalue weighted by atomic mass is 10.1. The highest BCUT2D eigenvalue weighted by Gasteiger charge is 2.13. The van der Waals surface area contributed by atoms with Crippen LogP contribution in [0.25, 0.3) is 0 Å². The van der Waals surface area contributed by atoms with E-state index in [2.05, 4.69) is 22.1 Å². The van der Waals surface area contributed by atoms with Crippen molar-refractivity contribution in [2.75, 3.05) is 45.7 Å². The van der Waals surface area contributed by atoms with Gasteiger partial charge in [0.2, 0.25) is 0 Å². The van der Waals surface area contributed by atoms with Crippen molar-refractivity contribution in [2.45, 2.75) is 26.2 Å². The highest BCUT2D eigenvalue weighted by atomic mass is 127. The first-order valence-electron chi connectivity index (χ1n) is 8.63. The molecule has 1 aromatic rings. The van der Waals surface area contributed by atoms with Crippen molar-refractivity contribution in [2.24, 2.45) is 16.6 Å². The predicted molar refractivity (Wildman–Crippen MR) is 115 cm³/mol. The molecule has 1 atom stereocenters. The lowest BCUT2D eigenvalue weighted by molar-refractivity contribution is 0.203. The smallest absolute Gasteiger partial charge is 0.193 e. The molecule has 2 rings (SSSR count). The molecular formula is C18H31IN4O2. The zero-order valence-electron chi connectivity index (χ0n) is 15.5. The van der Waals surface area contributed by atoms with Crippen molar-refractivity contribution < 1.29 is 9.47 Å². The number of aliphatic imine (C=N–C) groups is 1. The molecule has 25 heavy (non-hydrogen) atoms. The first-order valence-corrected chi connectivity index (χ1v) is 8.63. The molecule has 1 fully saturated rings. The molecule has 1 aromatic carbocycles. The number of halogens is 1. The number of nitrogens with one attached hydrogen (secondary N) is 1. The van der Waals surface area contributed by atoms with Gasteiger partial charge < -0.3 is 25.4 Å². The third kappa shape index (κ3) is 7.27. The lowest BCUT2D eigenvalue weighted by Gasteiger charge is -2.28. The maximum absolute atomic E-state index is 6.00. The lowest BCUT2D eigenvalue weighted by Crippen LogP contribution is -2.34. The summed E-state index contributed by atoms with van der Waals surface area (Å²) in [5.41, 5.74) is 6.83. The van der Waals surface area contributed by atoms with Gasteiger partial charge in [0.25, 0.3) is 0 Å². The molecule has 0 saturated carbocycles. The van der Waals surface area contributed by atoms with Crippen molar-refractivity contribution in [3.8, 4) is 11.5 Å². The van der Waals surface area contributed by atoms with Crippen LogP contribution in [-0.4, -0.2) is 51.3 Å². The van der Waals surface area contributed by atoms with Gasteiger partial charge in [0, 0.05) is 24.8 Å². The summed E-state index contributed by atoms with van der Waals surface area (Å²) in [6.45, 7) is 6.47. The summed E-state index contributed by atoms with van der Waals surface area (Å²) >= 11 is 0. The predicted octanol–water partition coefficient (Wildman–Crippen LogP) is 3.17. The Bertz CT molecular complexity index is 548. The monoisotopic (exact) mass is 462 g/mol. The molecular weight excluding hydrogens is 431 g/mol. The number of anilines is 1. The number of ether oxygens (including phenoxy) is 2. The quantitative estimate of drug-likeness (QED) is 0.370. The molecule has 1 aliphatic heterocycles. The topological polar surface area (TPSA) is 72.1 Å². The third-order valence-electron chi connectivity index (χ3n) is 4.25. The molecule has 7 heteroatoms. The number of hydrogen-bond acceptors (Lipinski definition) is 4. The van der Waals surface area contributed by atoms with E-state index < -0.39 is 0 Å². The van der Waals surface area contributed by atoms with Crippen LogP contribution >= 0.6 is 24.0 Å². The summed E-state index contributed by atoms with van der Waals surface area (Å²) in [6.07, 6.45) is 4.00. The highest BCUT2D eigenvalue weighted by Crippen LogP contribution is 2.29. The number of nitrogens with two attached hydrogens (primary N) is 1. The molecule has 1 heterocycles. The summed E-state index contributed by atoms with van der Waals surface area (Å²) in [7, 11) is 3.23. The summed E-state index contributed by atoms with van der Waals surface area (Å²) in [4.78, 5) is 7.00. The molecule has 1 aliphatic rings. The van der Waals surface area contributed by atoms with Crippen LogP contribution in [0.2, 0.25) is 0 Å². The van der Waals surface area contributed by atoms with Gasteiger partial charge in [0.1, 0.15) is 0 Å². The molecule has 6 nitrogen and oxygen atoms in total. The Labute approximate surface area is 168 Å². The van der Waals surface area contributed by atoms with E-state index >= 15 is 0 Å². The minimum absolute atomic E-state index is 0. The first-order chi connectivity index (χ1) is 11.6. The molecule has 1 unspecified atom stereocenters. The van der Waals surface area contributed by atoms with Gasteiger partial charge in [0.15, 0.2) is 17.5 Å². The van der Waals surface area contributed by atoms with Crippen LogP contribution in [0.4, 0.5) is 5.69 Å². The highest BCUT2D eigenvalue weighted by molar-refractivity contribution is 14.0. The van der Waals surface area contributed by atoms with E-state index in [-0.39, 0.29) is 24.0 Å². The van der Waals surface area contributed by atoms with E-state index in [1.165, 1.54) is 32.4 Å². The summed E-state index contributed by atoms with van der Waals surface area (Å²) in [6, 6.07) is 5.58. The zero-order chi connectivity index (χ0) is 17.4. The maximum Gasteiger partial charge on any atom is 0.193 e. The van der Waals surface area contributed by atoms with Gasteiger partial charge in [-0.1, -0.05) is 13.3 Å². The van der Waals surface area contributed by atoms with Crippen LogP contribution < -0.4 is 20.5 Å². The van der Waals surface area contributed by atoms with E-state index in [9.17, 15) is 0 Å². The second-order valence-electron chi connectivity index (χ2n) is 6.39. The number of nitrogens with zero attached hydrogens (tertiary/aromatic N) is 2. The van der Waals surface area contributed by atoms with Crippen LogP contribution in [0.1, 0.15) is 26.2 Å². The number of methoxy groups -OCH3 is 2. The van der Waals surface area contributed by atoms with Crippen LogP contribution in [0.15, 0.2) is 23.2 Å². The minimum atomic E-state index is 0. The fourth-order valence-corrected chi connectivity index (χ4v) is 3.00. The third-order valence-corrected chi connectivity index (χ3v) is 4.25. The molecule has 0 spiro atoms. The fraction of sp³-hybridized carbons (Fsp3) is 0.611. The number of rotatable bonds is 7. The van der Waals surface area contributed by atoms with Gasteiger partial charge in [-0.3, -0.25) is 4.99 Å². The van der Waals surface area contributed by atoms with Crippen LogP contribution in [0.5, 0.6) is 11.5 Å². The van der Waals surface area contributed by atoms with E-state index in [0.29, 0.717) is 23.4 Å². The fourth-order valence-electron chi connectivity index (χ4n) is 3.00.